The zero-order valence-corrected chi connectivity index (χ0v) is 12.9. The second-order valence-electron chi connectivity index (χ2n) is 5.71. The Kier molecular flexibility index (Phi) is 3.90. The van der Waals surface area contributed by atoms with E-state index in [9.17, 15) is 0 Å². The van der Waals surface area contributed by atoms with Crippen LogP contribution in [0.5, 0.6) is 5.75 Å². The van der Waals surface area contributed by atoms with E-state index in [0.29, 0.717) is 10.0 Å². The lowest BCUT2D eigenvalue weighted by Gasteiger charge is -2.55. The Labute approximate surface area is 129 Å². The Morgan fingerprint density at radius 1 is 1.00 bits per heavy atom. The van der Waals surface area contributed by atoms with Crippen molar-refractivity contribution in [2.75, 3.05) is 0 Å². The Morgan fingerprint density at radius 2 is 1.63 bits per heavy atom. The molecule has 1 spiro atoms. The second-order valence-corrected chi connectivity index (χ2v) is 7.11. The predicted octanol–water partition coefficient (Wildman–Crippen LogP) is 5.70. The fraction of sp³-hybridized carbons (Fsp3) is 0.600. The minimum absolute atomic E-state index is 0.175. The first-order valence-electron chi connectivity index (χ1n) is 6.87. The molecule has 0 bridgehead atoms. The summed E-state index contributed by atoms with van der Waals surface area (Å²) in [4.78, 5) is 0. The van der Waals surface area contributed by atoms with E-state index in [1.807, 2.05) is 12.1 Å². The summed E-state index contributed by atoms with van der Waals surface area (Å²) in [5, 5.41) is 1.48. The highest BCUT2D eigenvalue weighted by Crippen LogP contribution is 2.55. The van der Waals surface area contributed by atoms with Gasteiger partial charge in [0.25, 0.3) is 0 Å². The predicted molar refractivity (Wildman–Crippen MR) is 80.7 cm³/mol. The fourth-order valence-electron chi connectivity index (χ4n) is 3.47. The van der Waals surface area contributed by atoms with E-state index in [2.05, 4.69) is 0 Å². The molecular weight excluding hydrogens is 303 g/mol. The lowest BCUT2D eigenvalue weighted by Crippen LogP contribution is -2.58. The van der Waals surface area contributed by atoms with Crippen molar-refractivity contribution in [3.63, 3.8) is 0 Å². The molecule has 0 N–H and O–H groups in total. The molecule has 0 heterocycles. The second kappa shape index (κ2) is 5.35. The first kappa shape index (κ1) is 13.9. The van der Waals surface area contributed by atoms with Crippen molar-refractivity contribution >= 4 is 34.8 Å². The minimum Gasteiger partial charge on any atom is -0.490 e. The van der Waals surface area contributed by atoms with Gasteiger partial charge < -0.3 is 4.74 Å². The van der Waals surface area contributed by atoms with Crippen LogP contribution in [-0.2, 0) is 0 Å². The Balaban J connectivity index is 1.76. The van der Waals surface area contributed by atoms with E-state index >= 15 is 0 Å². The third-order valence-corrected chi connectivity index (χ3v) is 5.63. The molecule has 1 aromatic carbocycles. The minimum atomic E-state index is 0.175. The highest BCUT2D eigenvalue weighted by Gasteiger charge is 2.55. The average Bonchev–Trinajstić information content (AvgIpc) is 2.38. The molecule has 2 aliphatic rings. The quantitative estimate of drug-likeness (QED) is 0.635. The van der Waals surface area contributed by atoms with Crippen LogP contribution < -0.4 is 4.74 Å². The topological polar surface area (TPSA) is 9.23 Å². The van der Waals surface area contributed by atoms with Gasteiger partial charge in [-0.3, -0.25) is 0 Å². The van der Waals surface area contributed by atoms with Crippen LogP contribution in [0.2, 0.25) is 10.0 Å². The van der Waals surface area contributed by atoms with Crippen LogP contribution in [-0.4, -0.2) is 11.5 Å². The molecule has 3 rings (SSSR count). The fourth-order valence-corrected chi connectivity index (χ4v) is 4.50. The Bertz CT molecular complexity index is 448. The molecule has 104 valence electrons. The van der Waals surface area contributed by atoms with Crippen molar-refractivity contribution in [1.82, 2.24) is 0 Å². The van der Waals surface area contributed by atoms with Gasteiger partial charge in [-0.05, 0) is 31.0 Å². The first-order valence-corrected chi connectivity index (χ1v) is 8.06. The van der Waals surface area contributed by atoms with Gasteiger partial charge in [-0.1, -0.05) is 42.5 Å². The molecule has 4 heteroatoms. The summed E-state index contributed by atoms with van der Waals surface area (Å²) >= 11 is 18.5. The van der Waals surface area contributed by atoms with Gasteiger partial charge in [-0.15, -0.1) is 11.6 Å². The van der Waals surface area contributed by atoms with E-state index in [1.54, 1.807) is 6.07 Å². The van der Waals surface area contributed by atoms with Gasteiger partial charge in [-0.2, -0.15) is 0 Å². The van der Waals surface area contributed by atoms with Crippen LogP contribution in [0.15, 0.2) is 18.2 Å². The number of rotatable bonds is 2. The summed E-state index contributed by atoms with van der Waals surface area (Å²) in [6, 6.07) is 5.37. The highest BCUT2D eigenvalue weighted by molar-refractivity contribution is 6.34. The maximum atomic E-state index is 6.48. The maximum absolute atomic E-state index is 6.48. The van der Waals surface area contributed by atoms with E-state index in [-0.39, 0.29) is 16.9 Å². The number of halogens is 3. The Hall–Kier alpha value is -0.110. The zero-order chi connectivity index (χ0) is 13.5. The van der Waals surface area contributed by atoms with Crippen LogP contribution >= 0.6 is 34.8 Å². The van der Waals surface area contributed by atoms with Gasteiger partial charge in [0.2, 0.25) is 0 Å². The summed E-state index contributed by atoms with van der Waals surface area (Å²) in [7, 11) is 0. The van der Waals surface area contributed by atoms with Gasteiger partial charge in [-0.25, -0.2) is 0 Å². The van der Waals surface area contributed by atoms with E-state index in [4.69, 9.17) is 39.5 Å². The largest absolute Gasteiger partial charge is 0.490 e. The molecule has 0 saturated heterocycles. The van der Waals surface area contributed by atoms with Crippen molar-refractivity contribution in [2.45, 2.75) is 50.0 Å². The number of ether oxygens (including phenoxy) is 1. The van der Waals surface area contributed by atoms with Gasteiger partial charge in [0, 0.05) is 27.3 Å². The van der Waals surface area contributed by atoms with Crippen LogP contribution in [0.1, 0.15) is 38.5 Å². The molecule has 2 atom stereocenters. The molecule has 0 amide bonds. The molecule has 2 fully saturated rings. The van der Waals surface area contributed by atoms with Gasteiger partial charge >= 0.3 is 0 Å². The SMILES string of the molecule is Clc1cc(Cl)cc(OC2CC(Cl)C23CCCCC3)c1. The molecule has 0 aromatic heterocycles. The lowest BCUT2D eigenvalue weighted by atomic mass is 9.58. The normalized spacial score (nSPS) is 29.0. The maximum Gasteiger partial charge on any atom is 0.122 e. The molecule has 0 radical (unpaired) electrons. The molecule has 2 saturated carbocycles. The number of hydrogen-bond donors (Lipinski definition) is 0. The van der Waals surface area contributed by atoms with E-state index < -0.39 is 0 Å². The van der Waals surface area contributed by atoms with Crippen molar-refractivity contribution in [3.8, 4) is 5.75 Å². The molecule has 19 heavy (non-hydrogen) atoms. The highest BCUT2D eigenvalue weighted by atomic mass is 35.5. The van der Waals surface area contributed by atoms with Crippen LogP contribution in [0.3, 0.4) is 0 Å². The number of hydrogen-bond acceptors (Lipinski definition) is 1. The molecule has 1 aromatic rings. The number of alkyl halides is 1. The van der Waals surface area contributed by atoms with Crippen molar-refractivity contribution in [1.29, 1.82) is 0 Å². The third-order valence-electron chi connectivity index (χ3n) is 4.58. The zero-order valence-electron chi connectivity index (χ0n) is 10.7. The smallest absolute Gasteiger partial charge is 0.122 e. The van der Waals surface area contributed by atoms with Crippen LogP contribution in [0.4, 0.5) is 0 Å². The molecule has 2 aliphatic carbocycles. The van der Waals surface area contributed by atoms with E-state index in [1.165, 1.54) is 32.1 Å². The van der Waals surface area contributed by atoms with Gasteiger partial charge in [0.15, 0.2) is 0 Å². The van der Waals surface area contributed by atoms with Gasteiger partial charge in [0.1, 0.15) is 11.9 Å². The van der Waals surface area contributed by atoms with Crippen molar-refractivity contribution in [2.24, 2.45) is 5.41 Å². The molecule has 1 nitrogen and oxygen atoms in total. The average molecular weight is 320 g/mol. The lowest BCUT2D eigenvalue weighted by molar-refractivity contribution is -0.0650. The monoisotopic (exact) mass is 318 g/mol. The van der Waals surface area contributed by atoms with E-state index in [0.717, 1.165) is 12.2 Å². The van der Waals surface area contributed by atoms with Crippen molar-refractivity contribution in [3.05, 3.63) is 28.2 Å². The summed E-state index contributed by atoms with van der Waals surface area (Å²) in [6.07, 6.45) is 7.34. The summed E-state index contributed by atoms with van der Waals surface area (Å²) < 4.78 is 6.12. The summed E-state index contributed by atoms with van der Waals surface area (Å²) in [6.45, 7) is 0. The summed E-state index contributed by atoms with van der Waals surface area (Å²) in [5.41, 5.74) is 0.175. The number of benzene rings is 1. The molecule has 2 unspecified atom stereocenters. The molecule has 0 aliphatic heterocycles. The standard InChI is InChI=1S/C15H17Cl3O/c16-10-6-11(17)8-12(7-10)19-14-9-13(18)15(14)4-2-1-3-5-15/h6-8,13-14H,1-5,9H2. The third kappa shape index (κ3) is 2.57. The van der Waals surface area contributed by atoms with Crippen LogP contribution in [0.25, 0.3) is 0 Å². The first-order chi connectivity index (χ1) is 9.10. The molecular formula is C15H17Cl3O. The van der Waals surface area contributed by atoms with Crippen molar-refractivity contribution < 1.29 is 4.74 Å². The Morgan fingerprint density at radius 3 is 2.21 bits per heavy atom. The van der Waals surface area contributed by atoms with Gasteiger partial charge in [0.05, 0.1) is 0 Å². The summed E-state index contributed by atoms with van der Waals surface area (Å²) in [5.74, 6) is 0.760. The van der Waals surface area contributed by atoms with Crippen LogP contribution in [0, 0.1) is 5.41 Å².